The van der Waals surface area contributed by atoms with Gasteiger partial charge in [-0.2, -0.15) is 5.10 Å². The number of rotatable bonds is 12. The maximum Gasteiger partial charge on any atom is 0.337 e. The molecular formula is C33H33Cl2N5O6. The van der Waals surface area contributed by atoms with Gasteiger partial charge >= 0.3 is 12.0 Å². The summed E-state index contributed by atoms with van der Waals surface area (Å²) in [4.78, 5) is 24.7. The van der Waals surface area contributed by atoms with Gasteiger partial charge in [0.05, 0.1) is 41.6 Å². The summed E-state index contributed by atoms with van der Waals surface area (Å²) in [5.74, 6) is 0.167. The van der Waals surface area contributed by atoms with E-state index in [1.807, 2.05) is 49.5 Å². The topological polar surface area (TPSA) is 135 Å². The first-order valence-corrected chi connectivity index (χ1v) is 15.2. The second-order valence-corrected chi connectivity index (χ2v) is 11.2. The number of nitrogens with zero attached hydrogens (tertiary/aromatic N) is 2. The van der Waals surface area contributed by atoms with Crippen molar-refractivity contribution in [1.29, 1.82) is 0 Å². The number of halogens is 2. The molecule has 1 aliphatic rings. The lowest BCUT2D eigenvalue weighted by molar-refractivity contribution is -0.136. The third-order valence-corrected chi connectivity index (χ3v) is 7.99. The number of fused-ring (bicyclic) bond motifs is 1. The third-order valence-electron chi connectivity index (χ3n) is 7.26. The van der Waals surface area contributed by atoms with Gasteiger partial charge in [0.2, 0.25) is 0 Å². The normalized spacial score (nSPS) is 15.4. The summed E-state index contributed by atoms with van der Waals surface area (Å²) >= 11 is 12.3. The third kappa shape index (κ3) is 7.39. The Labute approximate surface area is 275 Å². The zero-order chi connectivity index (χ0) is 32.8. The fraction of sp³-hybridized carbons (Fsp3) is 0.242. The second-order valence-electron chi connectivity index (χ2n) is 10.4. The van der Waals surface area contributed by atoms with Crippen LogP contribution in [0.4, 0.5) is 4.79 Å². The summed E-state index contributed by atoms with van der Waals surface area (Å²) < 4.78 is 18.7. The number of hydrogen-bond donors (Lipinski definition) is 4. The molecule has 0 spiro atoms. The van der Waals surface area contributed by atoms with Gasteiger partial charge in [-0.1, -0.05) is 53.5 Å². The molecule has 0 fully saturated rings. The number of hydrogen-bond acceptors (Lipinski definition) is 8. The summed E-state index contributed by atoms with van der Waals surface area (Å²) in [7, 11) is 1.28. The number of ether oxygens (including phenoxy) is 3. The van der Waals surface area contributed by atoms with Crippen molar-refractivity contribution in [1.82, 2.24) is 20.6 Å². The highest BCUT2D eigenvalue weighted by molar-refractivity contribution is 6.42. The van der Waals surface area contributed by atoms with E-state index in [1.54, 1.807) is 37.4 Å². The molecule has 4 aromatic rings. The Balaban J connectivity index is 1.26. The molecule has 2 heterocycles. The molecular weight excluding hydrogens is 633 g/mol. The Morgan fingerprint density at radius 1 is 1.11 bits per heavy atom. The number of carbonyl (C=O) groups excluding carboxylic acids is 2. The van der Waals surface area contributed by atoms with Crippen LogP contribution in [0.5, 0.6) is 11.5 Å². The van der Waals surface area contributed by atoms with Gasteiger partial charge in [-0.05, 0) is 55.3 Å². The van der Waals surface area contributed by atoms with E-state index >= 15 is 0 Å². The molecule has 2 amide bonds. The maximum absolute atomic E-state index is 12.5. The quantitative estimate of drug-likeness (QED) is 0.0678. The van der Waals surface area contributed by atoms with Gasteiger partial charge < -0.3 is 34.5 Å². The summed E-state index contributed by atoms with van der Waals surface area (Å²) in [5, 5.41) is 22.2. The van der Waals surface area contributed by atoms with E-state index in [2.05, 4.69) is 25.7 Å². The molecule has 0 radical (unpaired) electrons. The van der Waals surface area contributed by atoms with Crippen LogP contribution in [0, 0.1) is 0 Å². The van der Waals surface area contributed by atoms with Crippen LogP contribution < -0.4 is 25.5 Å². The Morgan fingerprint density at radius 2 is 1.91 bits per heavy atom. The van der Waals surface area contributed by atoms with Gasteiger partial charge in [-0.15, -0.1) is 0 Å². The van der Waals surface area contributed by atoms with E-state index < -0.39 is 24.3 Å². The van der Waals surface area contributed by atoms with Crippen LogP contribution in [-0.4, -0.2) is 54.4 Å². The van der Waals surface area contributed by atoms with Gasteiger partial charge in [-0.3, -0.25) is 5.43 Å². The standard InChI is InChI=1S/C33H33Cl2N5O6/c1-4-45-28-14-21(31-30(32(42)44-3)19(2)37-33(43)38-31)10-12-27(28)46-18-29(41)39-36-15-22-17-40(26-8-6-5-7-23(22)26)16-20-9-11-24(34)25(35)13-20/h5-15,17,29,31,39,41H,4,16,18H2,1-3H3,(H2,37,38,43)/b36-15+/t29-,31-/m0/s1. The van der Waals surface area contributed by atoms with Crippen molar-refractivity contribution in [3.63, 3.8) is 0 Å². The zero-order valence-electron chi connectivity index (χ0n) is 25.3. The number of urea groups is 1. The number of allylic oxidation sites excluding steroid dienone is 1. The van der Waals surface area contributed by atoms with Crippen molar-refractivity contribution >= 4 is 52.3 Å². The van der Waals surface area contributed by atoms with Gasteiger partial charge in [0.25, 0.3) is 0 Å². The Hall–Kier alpha value is -4.71. The molecule has 240 valence electrons. The first-order chi connectivity index (χ1) is 22.2. The second kappa shape index (κ2) is 14.6. The molecule has 0 aliphatic carbocycles. The molecule has 0 saturated heterocycles. The van der Waals surface area contributed by atoms with Crippen molar-refractivity contribution in [2.24, 2.45) is 5.10 Å². The molecule has 5 rings (SSSR count). The van der Waals surface area contributed by atoms with Gasteiger partial charge in [0.1, 0.15) is 6.61 Å². The van der Waals surface area contributed by atoms with E-state index in [1.165, 1.54) is 7.11 Å². The number of carbonyl (C=O) groups is 2. The van der Waals surface area contributed by atoms with Gasteiger partial charge in [0, 0.05) is 34.9 Å². The predicted octanol–water partition coefficient (Wildman–Crippen LogP) is 5.52. The summed E-state index contributed by atoms with van der Waals surface area (Å²) in [6, 6.07) is 17.3. The molecule has 1 aromatic heterocycles. The van der Waals surface area contributed by atoms with E-state index in [9.17, 15) is 14.7 Å². The van der Waals surface area contributed by atoms with Crippen LogP contribution in [0.3, 0.4) is 0 Å². The number of esters is 1. The fourth-order valence-corrected chi connectivity index (χ4v) is 5.48. The minimum atomic E-state index is -1.14. The number of methoxy groups -OCH3 is 1. The van der Waals surface area contributed by atoms with E-state index in [4.69, 9.17) is 37.4 Å². The SMILES string of the molecule is CCOc1cc([C@@H]2NC(=O)NC(C)=C2C(=O)OC)ccc1OC[C@H](O)N/N=C/c1cn(Cc2ccc(Cl)c(Cl)c2)c2ccccc12. The molecule has 0 unspecified atom stereocenters. The van der Waals surface area contributed by atoms with E-state index in [0.29, 0.717) is 46.0 Å². The first-order valence-electron chi connectivity index (χ1n) is 14.4. The molecule has 11 nitrogen and oxygen atoms in total. The van der Waals surface area contributed by atoms with Crippen molar-refractivity contribution in [3.05, 3.63) is 105 Å². The molecule has 46 heavy (non-hydrogen) atoms. The highest BCUT2D eigenvalue weighted by atomic mass is 35.5. The summed E-state index contributed by atoms with van der Waals surface area (Å²) in [5.41, 5.74) is 6.81. The van der Waals surface area contributed by atoms with Crippen LogP contribution in [0.15, 0.2) is 83.2 Å². The Bertz CT molecular complexity index is 1820. The minimum Gasteiger partial charge on any atom is -0.490 e. The van der Waals surface area contributed by atoms with Crippen LogP contribution in [0.1, 0.15) is 36.6 Å². The highest BCUT2D eigenvalue weighted by Gasteiger charge is 2.32. The van der Waals surface area contributed by atoms with Gasteiger partial charge in [0.15, 0.2) is 17.7 Å². The average molecular weight is 667 g/mol. The molecule has 0 bridgehead atoms. The number of para-hydroxylation sites is 1. The zero-order valence-corrected chi connectivity index (χ0v) is 26.9. The summed E-state index contributed by atoms with van der Waals surface area (Å²) in [6.07, 6.45) is 2.47. The smallest absolute Gasteiger partial charge is 0.337 e. The van der Waals surface area contributed by atoms with Crippen molar-refractivity contribution < 1.29 is 28.9 Å². The number of amides is 2. The lowest BCUT2D eigenvalue weighted by Gasteiger charge is -2.28. The molecule has 4 N–H and O–H groups in total. The first kappa shape index (κ1) is 32.7. The fourth-order valence-electron chi connectivity index (χ4n) is 5.16. The number of aliphatic hydroxyl groups is 1. The number of benzene rings is 3. The van der Waals surface area contributed by atoms with Crippen molar-refractivity contribution in [2.45, 2.75) is 32.7 Å². The average Bonchev–Trinajstić information content (AvgIpc) is 3.38. The largest absolute Gasteiger partial charge is 0.490 e. The highest BCUT2D eigenvalue weighted by Crippen LogP contribution is 2.35. The molecule has 1 aliphatic heterocycles. The number of aliphatic hydroxyl groups excluding tert-OH is 1. The Morgan fingerprint density at radius 3 is 2.67 bits per heavy atom. The number of nitrogens with one attached hydrogen (secondary N) is 3. The molecule has 3 aromatic carbocycles. The lowest BCUT2D eigenvalue weighted by atomic mass is 9.95. The van der Waals surface area contributed by atoms with Crippen molar-refractivity contribution in [2.75, 3.05) is 20.3 Å². The molecule has 2 atom stereocenters. The van der Waals surface area contributed by atoms with E-state index in [0.717, 1.165) is 22.0 Å². The van der Waals surface area contributed by atoms with Crippen LogP contribution in [-0.2, 0) is 16.1 Å². The van der Waals surface area contributed by atoms with Crippen molar-refractivity contribution in [3.8, 4) is 11.5 Å². The van der Waals surface area contributed by atoms with Gasteiger partial charge in [-0.25, -0.2) is 9.59 Å². The summed E-state index contributed by atoms with van der Waals surface area (Å²) in [6.45, 7) is 4.22. The monoisotopic (exact) mass is 665 g/mol. The Kier molecular flexibility index (Phi) is 10.4. The molecule has 13 heteroatoms. The van der Waals surface area contributed by atoms with Crippen LogP contribution >= 0.6 is 23.2 Å². The predicted molar refractivity (Wildman–Crippen MR) is 176 cm³/mol. The van der Waals surface area contributed by atoms with Crippen LogP contribution in [0.2, 0.25) is 10.0 Å². The maximum atomic E-state index is 12.5. The molecule has 0 saturated carbocycles. The lowest BCUT2D eigenvalue weighted by Crippen LogP contribution is -2.45. The van der Waals surface area contributed by atoms with Crippen LogP contribution in [0.25, 0.3) is 10.9 Å². The minimum absolute atomic E-state index is 0.146. The van der Waals surface area contributed by atoms with E-state index in [-0.39, 0.29) is 12.2 Å². The number of aromatic nitrogens is 1. The number of hydrazone groups is 1.